The van der Waals surface area contributed by atoms with E-state index in [0.717, 1.165) is 5.56 Å². The van der Waals surface area contributed by atoms with E-state index in [1.807, 2.05) is 6.92 Å². The number of benzene rings is 1. The van der Waals surface area contributed by atoms with Crippen LogP contribution in [0.2, 0.25) is 0 Å². The number of nitrogens with one attached hydrogen (secondary N) is 2. The third-order valence-corrected chi connectivity index (χ3v) is 3.09. The quantitative estimate of drug-likeness (QED) is 0.765. The minimum absolute atomic E-state index is 0.134. The predicted molar refractivity (Wildman–Crippen MR) is 76.0 cm³/mol. The average molecular weight is 263 g/mol. The number of carbonyl (C=O) groups excluding carboxylic acids is 2. The Bertz CT molecular complexity index is 495. The van der Waals surface area contributed by atoms with Crippen molar-refractivity contribution in [2.24, 2.45) is 11.1 Å². The van der Waals surface area contributed by atoms with Gasteiger partial charge in [0.05, 0.1) is 5.41 Å². The number of anilines is 1. The van der Waals surface area contributed by atoms with E-state index in [0.29, 0.717) is 11.3 Å². The van der Waals surface area contributed by atoms with Gasteiger partial charge < -0.3 is 16.4 Å². The molecule has 104 valence electrons. The molecule has 0 unspecified atom stereocenters. The second kappa shape index (κ2) is 5.84. The van der Waals surface area contributed by atoms with Crippen molar-refractivity contribution in [1.29, 1.82) is 0 Å². The summed E-state index contributed by atoms with van der Waals surface area (Å²) < 4.78 is 0. The van der Waals surface area contributed by atoms with Crippen LogP contribution < -0.4 is 16.4 Å². The molecule has 1 aromatic rings. The molecular formula is C14H21N3O2. The van der Waals surface area contributed by atoms with E-state index >= 15 is 0 Å². The van der Waals surface area contributed by atoms with Crippen LogP contribution in [-0.2, 0) is 4.79 Å². The van der Waals surface area contributed by atoms with Crippen molar-refractivity contribution >= 4 is 17.5 Å². The van der Waals surface area contributed by atoms with Crippen LogP contribution >= 0.6 is 0 Å². The molecule has 1 rings (SSSR count). The molecule has 0 spiro atoms. The van der Waals surface area contributed by atoms with Crippen LogP contribution in [0.25, 0.3) is 0 Å². The van der Waals surface area contributed by atoms with E-state index in [2.05, 4.69) is 10.6 Å². The Labute approximate surface area is 113 Å². The van der Waals surface area contributed by atoms with Gasteiger partial charge in [-0.25, -0.2) is 0 Å². The van der Waals surface area contributed by atoms with Gasteiger partial charge in [-0.1, -0.05) is 0 Å². The Morgan fingerprint density at radius 1 is 1.32 bits per heavy atom. The number of amides is 2. The van der Waals surface area contributed by atoms with E-state index in [1.165, 1.54) is 0 Å². The molecule has 0 saturated carbocycles. The summed E-state index contributed by atoms with van der Waals surface area (Å²) in [4.78, 5) is 23.5. The lowest BCUT2D eigenvalue weighted by Crippen LogP contribution is -2.37. The van der Waals surface area contributed by atoms with Crippen molar-refractivity contribution in [3.63, 3.8) is 0 Å². The summed E-state index contributed by atoms with van der Waals surface area (Å²) in [5.74, 6) is -0.283. The third kappa shape index (κ3) is 3.54. The van der Waals surface area contributed by atoms with Gasteiger partial charge in [-0.3, -0.25) is 9.59 Å². The van der Waals surface area contributed by atoms with Gasteiger partial charge in [0.15, 0.2) is 0 Å². The van der Waals surface area contributed by atoms with Crippen LogP contribution in [-0.4, -0.2) is 25.4 Å². The van der Waals surface area contributed by atoms with Gasteiger partial charge in [0.25, 0.3) is 5.91 Å². The summed E-state index contributed by atoms with van der Waals surface area (Å²) in [6.45, 7) is 5.69. The fourth-order valence-corrected chi connectivity index (χ4v) is 1.47. The number of nitrogens with two attached hydrogens (primary N) is 1. The second-order valence-corrected chi connectivity index (χ2v) is 5.15. The van der Waals surface area contributed by atoms with Crippen molar-refractivity contribution in [3.05, 3.63) is 29.3 Å². The zero-order valence-corrected chi connectivity index (χ0v) is 11.8. The first-order chi connectivity index (χ1) is 8.81. The molecule has 0 saturated heterocycles. The summed E-state index contributed by atoms with van der Waals surface area (Å²) in [5.41, 5.74) is 7.04. The molecule has 0 aromatic heterocycles. The van der Waals surface area contributed by atoms with Gasteiger partial charge in [0, 0.05) is 24.8 Å². The molecule has 0 aliphatic carbocycles. The van der Waals surface area contributed by atoms with E-state index in [-0.39, 0.29) is 18.4 Å². The Morgan fingerprint density at radius 2 is 1.95 bits per heavy atom. The van der Waals surface area contributed by atoms with Gasteiger partial charge in [-0.2, -0.15) is 0 Å². The molecule has 0 heterocycles. The molecule has 19 heavy (non-hydrogen) atoms. The molecule has 0 atom stereocenters. The average Bonchev–Trinajstić information content (AvgIpc) is 2.39. The zero-order chi connectivity index (χ0) is 14.6. The molecule has 0 aliphatic heterocycles. The van der Waals surface area contributed by atoms with Gasteiger partial charge >= 0.3 is 0 Å². The molecule has 0 bridgehead atoms. The Hall–Kier alpha value is -1.88. The lowest BCUT2D eigenvalue weighted by atomic mass is 9.92. The van der Waals surface area contributed by atoms with Gasteiger partial charge in [0.2, 0.25) is 5.91 Å². The standard InChI is InChI=1S/C14H21N3O2/c1-9-7-10(12(18)16-4)5-6-11(9)17-13(19)14(2,3)8-15/h5-7H,8,15H2,1-4H3,(H,16,18)(H,17,19). The molecule has 5 heteroatoms. The number of carbonyl (C=O) groups is 2. The summed E-state index contributed by atoms with van der Waals surface area (Å²) in [6, 6.07) is 5.14. The van der Waals surface area contributed by atoms with E-state index in [1.54, 1.807) is 39.1 Å². The van der Waals surface area contributed by atoms with Crippen molar-refractivity contribution in [1.82, 2.24) is 5.32 Å². The van der Waals surface area contributed by atoms with E-state index < -0.39 is 5.41 Å². The van der Waals surface area contributed by atoms with Crippen LogP contribution in [0.5, 0.6) is 0 Å². The van der Waals surface area contributed by atoms with E-state index in [9.17, 15) is 9.59 Å². The van der Waals surface area contributed by atoms with Crippen molar-refractivity contribution in [2.75, 3.05) is 18.9 Å². The van der Waals surface area contributed by atoms with Crippen LogP contribution in [0, 0.1) is 12.3 Å². The lowest BCUT2D eigenvalue weighted by molar-refractivity contribution is -0.123. The summed E-state index contributed by atoms with van der Waals surface area (Å²) in [5, 5.41) is 5.39. The van der Waals surface area contributed by atoms with Crippen molar-refractivity contribution in [3.8, 4) is 0 Å². The topological polar surface area (TPSA) is 84.2 Å². The minimum Gasteiger partial charge on any atom is -0.355 e. The highest BCUT2D eigenvalue weighted by molar-refractivity contribution is 5.98. The molecular weight excluding hydrogens is 242 g/mol. The second-order valence-electron chi connectivity index (χ2n) is 5.15. The number of hydrogen-bond acceptors (Lipinski definition) is 3. The first kappa shape index (κ1) is 15.2. The van der Waals surface area contributed by atoms with Crippen LogP contribution in [0.4, 0.5) is 5.69 Å². The lowest BCUT2D eigenvalue weighted by Gasteiger charge is -2.22. The normalized spacial score (nSPS) is 11.0. The third-order valence-electron chi connectivity index (χ3n) is 3.09. The Kier molecular flexibility index (Phi) is 4.67. The zero-order valence-electron chi connectivity index (χ0n) is 11.8. The Balaban J connectivity index is 2.93. The maximum absolute atomic E-state index is 12.0. The predicted octanol–water partition coefficient (Wildman–Crippen LogP) is 1.28. The largest absolute Gasteiger partial charge is 0.355 e. The molecule has 4 N–H and O–H groups in total. The molecule has 0 aliphatic rings. The molecule has 5 nitrogen and oxygen atoms in total. The van der Waals surface area contributed by atoms with Crippen molar-refractivity contribution < 1.29 is 9.59 Å². The SMILES string of the molecule is CNC(=O)c1ccc(NC(=O)C(C)(C)CN)c(C)c1. The highest BCUT2D eigenvalue weighted by Gasteiger charge is 2.26. The maximum Gasteiger partial charge on any atom is 0.251 e. The van der Waals surface area contributed by atoms with E-state index in [4.69, 9.17) is 5.73 Å². The van der Waals surface area contributed by atoms with Gasteiger partial charge in [-0.05, 0) is 44.5 Å². The molecule has 0 fully saturated rings. The Morgan fingerprint density at radius 3 is 2.42 bits per heavy atom. The maximum atomic E-state index is 12.0. The summed E-state index contributed by atoms with van der Waals surface area (Å²) in [6.07, 6.45) is 0. The van der Waals surface area contributed by atoms with Gasteiger partial charge in [-0.15, -0.1) is 0 Å². The van der Waals surface area contributed by atoms with Crippen LogP contribution in [0.1, 0.15) is 29.8 Å². The van der Waals surface area contributed by atoms with Gasteiger partial charge in [0.1, 0.15) is 0 Å². The highest BCUT2D eigenvalue weighted by atomic mass is 16.2. The number of rotatable bonds is 4. The summed E-state index contributed by atoms with van der Waals surface area (Å²) >= 11 is 0. The number of aryl methyl sites for hydroxylation is 1. The first-order valence-corrected chi connectivity index (χ1v) is 6.16. The highest BCUT2D eigenvalue weighted by Crippen LogP contribution is 2.21. The van der Waals surface area contributed by atoms with Crippen LogP contribution in [0.15, 0.2) is 18.2 Å². The molecule has 2 amide bonds. The molecule has 1 aromatic carbocycles. The number of hydrogen-bond donors (Lipinski definition) is 3. The molecule has 0 radical (unpaired) electrons. The van der Waals surface area contributed by atoms with Crippen molar-refractivity contribution in [2.45, 2.75) is 20.8 Å². The fourth-order valence-electron chi connectivity index (χ4n) is 1.47. The van der Waals surface area contributed by atoms with Crippen LogP contribution in [0.3, 0.4) is 0 Å². The fraction of sp³-hybridized carbons (Fsp3) is 0.429. The monoisotopic (exact) mass is 263 g/mol. The summed E-state index contributed by atoms with van der Waals surface area (Å²) in [7, 11) is 1.58. The minimum atomic E-state index is -0.619. The smallest absolute Gasteiger partial charge is 0.251 e. The first-order valence-electron chi connectivity index (χ1n) is 6.16.